The number of amides is 2. The SMILES string of the molecule is O=C(Nc1ccc(Oc2ncc3ccc(F)cc3n2)cc1)Nc1ccc(F)c(C(F)(F)F)c1. The Bertz CT molecular complexity index is 1330. The first-order valence-electron chi connectivity index (χ1n) is 9.32. The van der Waals surface area contributed by atoms with Crippen molar-refractivity contribution in [2.75, 3.05) is 10.6 Å². The van der Waals surface area contributed by atoms with E-state index in [1.807, 2.05) is 0 Å². The van der Waals surface area contributed by atoms with Gasteiger partial charge in [0, 0.05) is 29.0 Å². The molecule has 2 N–H and O–H groups in total. The average molecular weight is 460 g/mol. The van der Waals surface area contributed by atoms with Gasteiger partial charge in [-0.1, -0.05) is 0 Å². The molecule has 168 valence electrons. The van der Waals surface area contributed by atoms with Gasteiger partial charge in [-0.2, -0.15) is 18.2 Å². The highest BCUT2D eigenvalue weighted by Crippen LogP contribution is 2.33. The highest BCUT2D eigenvalue weighted by atomic mass is 19.4. The van der Waals surface area contributed by atoms with Crippen LogP contribution in [0.5, 0.6) is 11.8 Å². The van der Waals surface area contributed by atoms with Gasteiger partial charge in [0.2, 0.25) is 0 Å². The number of ether oxygens (including phenoxy) is 1. The molecule has 1 heterocycles. The summed E-state index contributed by atoms with van der Waals surface area (Å²) in [5.74, 6) is -1.56. The molecule has 6 nitrogen and oxygen atoms in total. The Morgan fingerprint density at radius 3 is 2.30 bits per heavy atom. The number of nitrogens with one attached hydrogen (secondary N) is 2. The number of aromatic nitrogens is 2. The van der Waals surface area contributed by atoms with E-state index in [4.69, 9.17) is 4.74 Å². The molecule has 0 unspecified atom stereocenters. The van der Waals surface area contributed by atoms with E-state index < -0.39 is 29.4 Å². The van der Waals surface area contributed by atoms with Gasteiger partial charge in [-0.05, 0) is 54.6 Å². The largest absolute Gasteiger partial charge is 0.424 e. The summed E-state index contributed by atoms with van der Waals surface area (Å²) in [6.07, 6.45) is -3.41. The lowest BCUT2D eigenvalue weighted by Crippen LogP contribution is -2.20. The van der Waals surface area contributed by atoms with E-state index in [9.17, 15) is 26.7 Å². The predicted octanol–water partition coefficient (Wildman–Crippen LogP) is 6.36. The van der Waals surface area contributed by atoms with E-state index in [0.717, 1.165) is 6.07 Å². The number of fused-ring (bicyclic) bond motifs is 1. The number of nitrogens with zero attached hydrogens (tertiary/aromatic N) is 2. The molecular formula is C22H13F5N4O2. The quantitative estimate of drug-likeness (QED) is 0.348. The number of rotatable bonds is 4. The summed E-state index contributed by atoms with van der Waals surface area (Å²) >= 11 is 0. The second-order valence-electron chi connectivity index (χ2n) is 6.75. The van der Waals surface area contributed by atoms with Crippen LogP contribution in [0.4, 0.5) is 38.1 Å². The molecule has 0 aliphatic heterocycles. The first kappa shape index (κ1) is 21.9. The number of carbonyl (C=O) groups excluding carboxylic acids is 1. The van der Waals surface area contributed by atoms with E-state index >= 15 is 0 Å². The van der Waals surface area contributed by atoms with Crippen LogP contribution in [0.2, 0.25) is 0 Å². The lowest BCUT2D eigenvalue weighted by molar-refractivity contribution is -0.139. The van der Waals surface area contributed by atoms with Gasteiger partial charge in [0.1, 0.15) is 17.4 Å². The zero-order chi connectivity index (χ0) is 23.6. The number of benzene rings is 3. The fourth-order valence-electron chi connectivity index (χ4n) is 2.85. The van der Waals surface area contributed by atoms with Gasteiger partial charge in [0.25, 0.3) is 0 Å². The van der Waals surface area contributed by atoms with Crippen LogP contribution in [0.25, 0.3) is 10.9 Å². The summed E-state index contributed by atoms with van der Waals surface area (Å²) < 4.78 is 70.6. The molecule has 4 rings (SSSR count). The summed E-state index contributed by atoms with van der Waals surface area (Å²) in [6.45, 7) is 0. The van der Waals surface area contributed by atoms with Crippen LogP contribution < -0.4 is 15.4 Å². The zero-order valence-electron chi connectivity index (χ0n) is 16.5. The summed E-state index contributed by atoms with van der Waals surface area (Å²) in [5.41, 5.74) is -1.05. The fourth-order valence-corrected chi connectivity index (χ4v) is 2.85. The zero-order valence-corrected chi connectivity index (χ0v) is 16.5. The Balaban J connectivity index is 1.40. The number of alkyl halides is 3. The smallest absolute Gasteiger partial charge is 0.419 e. The summed E-state index contributed by atoms with van der Waals surface area (Å²) in [5, 5.41) is 5.28. The van der Waals surface area contributed by atoms with Crippen LogP contribution in [0, 0.1) is 11.6 Å². The van der Waals surface area contributed by atoms with Gasteiger partial charge in [0.15, 0.2) is 0 Å². The maximum absolute atomic E-state index is 13.4. The van der Waals surface area contributed by atoms with Gasteiger partial charge < -0.3 is 15.4 Å². The van der Waals surface area contributed by atoms with Crippen molar-refractivity contribution in [3.05, 3.63) is 84.1 Å². The second-order valence-corrected chi connectivity index (χ2v) is 6.75. The lowest BCUT2D eigenvalue weighted by atomic mass is 10.2. The molecule has 0 saturated heterocycles. The maximum atomic E-state index is 13.4. The molecule has 0 fully saturated rings. The van der Waals surface area contributed by atoms with Crippen LogP contribution >= 0.6 is 0 Å². The van der Waals surface area contributed by atoms with Crippen molar-refractivity contribution >= 4 is 28.3 Å². The molecule has 0 spiro atoms. The van der Waals surface area contributed by atoms with Crippen molar-refractivity contribution in [1.82, 2.24) is 9.97 Å². The van der Waals surface area contributed by atoms with E-state index in [1.54, 1.807) is 0 Å². The average Bonchev–Trinajstić information content (AvgIpc) is 2.75. The summed E-state index contributed by atoms with van der Waals surface area (Å²) in [6, 6.07) is 11.3. The van der Waals surface area contributed by atoms with Crippen molar-refractivity contribution in [3.8, 4) is 11.8 Å². The molecule has 0 bridgehead atoms. The molecular weight excluding hydrogens is 447 g/mol. The standard InChI is InChI=1S/C22H13F5N4O2/c23-13-2-1-12-11-28-21(31-19(12)9-13)33-16-6-3-14(4-7-16)29-20(32)30-15-5-8-18(24)17(10-15)22(25,26)27/h1-11H,(H2,29,30,32). The fraction of sp³-hybridized carbons (Fsp3) is 0.0455. The molecule has 3 aromatic carbocycles. The number of hydrogen-bond acceptors (Lipinski definition) is 4. The van der Waals surface area contributed by atoms with Crippen LogP contribution in [-0.4, -0.2) is 16.0 Å². The molecule has 33 heavy (non-hydrogen) atoms. The lowest BCUT2D eigenvalue weighted by Gasteiger charge is -2.12. The first-order chi connectivity index (χ1) is 15.7. The van der Waals surface area contributed by atoms with Crippen LogP contribution in [0.1, 0.15) is 5.56 Å². The Kier molecular flexibility index (Phi) is 5.78. The highest BCUT2D eigenvalue weighted by Gasteiger charge is 2.34. The molecule has 0 aliphatic carbocycles. The number of urea groups is 1. The monoisotopic (exact) mass is 460 g/mol. The normalized spacial score (nSPS) is 11.3. The van der Waals surface area contributed by atoms with Crippen LogP contribution in [0.15, 0.2) is 66.9 Å². The van der Waals surface area contributed by atoms with Crippen LogP contribution in [-0.2, 0) is 6.18 Å². The Labute approximate surface area is 183 Å². The van der Waals surface area contributed by atoms with E-state index in [2.05, 4.69) is 20.6 Å². The first-order valence-corrected chi connectivity index (χ1v) is 9.32. The van der Waals surface area contributed by atoms with Gasteiger partial charge in [0.05, 0.1) is 11.1 Å². The molecule has 4 aromatic rings. The third-order valence-corrected chi connectivity index (χ3v) is 4.37. The summed E-state index contributed by atoms with van der Waals surface area (Å²) in [7, 11) is 0. The van der Waals surface area contributed by atoms with Crippen molar-refractivity contribution in [2.24, 2.45) is 0 Å². The third kappa shape index (κ3) is 5.32. The van der Waals surface area contributed by atoms with Crippen molar-refractivity contribution in [3.63, 3.8) is 0 Å². The number of halogens is 5. The molecule has 1 aromatic heterocycles. The number of carbonyl (C=O) groups is 1. The molecule has 0 atom stereocenters. The number of anilines is 2. The minimum absolute atomic E-state index is 0.0108. The van der Waals surface area contributed by atoms with Gasteiger partial charge in [-0.15, -0.1) is 0 Å². The third-order valence-electron chi connectivity index (χ3n) is 4.37. The topological polar surface area (TPSA) is 76.1 Å². The predicted molar refractivity (Wildman–Crippen MR) is 110 cm³/mol. The van der Waals surface area contributed by atoms with E-state index in [-0.39, 0.29) is 11.7 Å². The second kappa shape index (κ2) is 8.69. The minimum Gasteiger partial charge on any atom is -0.424 e. The van der Waals surface area contributed by atoms with E-state index in [0.29, 0.717) is 34.5 Å². The van der Waals surface area contributed by atoms with Crippen molar-refractivity contribution in [1.29, 1.82) is 0 Å². The molecule has 2 amide bonds. The molecule has 0 aliphatic rings. The van der Waals surface area contributed by atoms with Gasteiger partial charge in [-0.25, -0.2) is 18.6 Å². The summed E-state index contributed by atoms with van der Waals surface area (Å²) in [4.78, 5) is 20.2. The number of hydrogen-bond donors (Lipinski definition) is 2. The Morgan fingerprint density at radius 1 is 0.879 bits per heavy atom. The van der Waals surface area contributed by atoms with Crippen LogP contribution in [0.3, 0.4) is 0 Å². The van der Waals surface area contributed by atoms with Gasteiger partial charge in [-0.3, -0.25) is 0 Å². The highest BCUT2D eigenvalue weighted by molar-refractivity contribution is 5.99. The molecule has 11 heteroatoms. The van der Waals surface area contributed by atoms with Gasteiger partial charge >= 0.3 is 18.2 Å². The maximum Gasteiger partial charge on any atom is 0.419 e. The van der Waals surface area contributed by atoms with Crippen molar-refractivity contribution < 1.29 is 31.5 Å². The molecule has 0 radical (unpaired) electrons. The van der Waals surface area contributed by atoms with Crippen molar-refractivity contribution in [2.45, 2.75) is 6.18 Å². The Morgan fingerprint density at radius 2 is 1.58 bits per heavy atom. The van der Waals surface area contributed by atoms with E-state index in [1.165, 1.54) is 48.7 Å². The Hall–Kier alpha value is -4.28. The minimum atomic E-state index is -4.89. The molecule has 0 saturated carbocycles.